The fourth-order valence-electron chi connectivity index (χ4n) is 3.09. The Kier molecular flexibility index (Phi) is 7.02. The number of hydrogen-bond donors (Lipinski definition) is 1. The smallest absolute Gasteiger partial charge is 0.246 e. The first-order chi connectivity index (χ1) is 13.8. The zero-order chi connectivity index (χ0) is 21.0. The van der Waals surface area contributed by atoms with Crippen LogP contribution in [-0.4, -0.2) is 63.4 Å². The monoisotopic (exact) mass is 457 g/mol. The van der Waals surface area contributed by atoms with Crippen molar-refractivity contribution in [2.45, 2.75) is 4.90 Å². The molecular weight excluding hydrogens is 437 g/mol. The molecule has 3 rings (SSSR count). The summed E-state index contributed by atoms with van der Waals surface area (Å²) < 4.78 is 32.3. The molecule has 0 atom stereocenters. The molecule has 0 aliphatic carbocycles. The normalized spacial score (nSPS) is 15.8. The van der Waals surface area contributed by atoms with E-state index in [2.05, 4.69) is 5.32 Å². The molecule has 1 aliphatic heterocycles. The highest BCUT2D eigenvalue weighted by atomic mass is 35.5. The summed E-state index contributed by atoms with van der Waals surface area (Å²) in [5, 5.41) is 3.01. The van der Waals surface area contributed by atoms with Gasteiger partial charge in [0.1, 0.15) is 10.6 Å². The average Bonchev–Trinajstić information content (AvgIpc) is 2.68. The summed E-state index contributed by atoms with van der Waals surface area (Å²) in [6, 6.07) is 11.7. The van der Waals surface area contributed by atoms with E-state index in [1.165, 1.54) is 16.4 Å². The molecule has 1 heterocycles. The number of carbonyl (C=O) groups excluding carboxylic acids is 1. The van der Waals surface area contributed by atoms with Crippen LogP contribution in [0.1, 0.15) is 0 Å². The van der Waals surface area contributed by atoms with Gasteiger partial charge >= 0.3 is 0 Å². The summed E-state index contributed by atoms with van der Waals surface area (Å²) in [6.45, 7) is 1.50. The molecule has 0 unspecified atom stereocenters. The highest BCUT2D eigenvalue weighted by molar-refractivity contribution is 7.89. The van der Waals surface area contributed by atoms with E-state index in [0.29, 0.717) is 24.5 Å². The molecule has 0 saturated carbocycles. The Hall–Kier alpha value is -1.84. The van der Waals surface area contributed by atoms with Crippen molar-refractivity contribution in [2.24, 2.45) is 0 Å². The third-order valence-corrected chi connectivity index (χ3v) is 7.42. The van der Waals surface area contributed by atoms with Gasteiger partial charge in [0.05, 0.1) is 23.7 Å². The predicted molar refractivity (Wildman–Crippen MR) is 113 cm³/mol. The lowest BCUT2D eigenvalue weighted by atomic mass is 10.3. The van der Waals surface area contributed by atoms with Crippen molar-refractivity contribution in [3.8, 4) is 5.75 Å². The third-order valence-electron chi connectivity index (χ3n) is 4.57. The van der Waals surface area contributed by atoms with Gasteiger partial charge in [-0.3, -0.25) is 9.69 Å². The Balaban J connectivity index is 1.58. The largest absolute Gasteiger partial charge is 0.497 e. The zero-order valence-electron chi connectivity index (χ0n) is 15.8. The minimum atomic E-state index is -3.80. The molecule has 0 aromatic heterocycles. The number of rotatable bonds is 6. The van der Waals surface area contributed by atoms with Crippen molar-refractivity contribution >= 4 is 44.8 Å². The minimum Gasteiger partial charge on any atom is -0.497 e. The summed E-state index contributed by atoms with van der Waals surface area (Å²) in [5.74, 6) is 0.476. The number of hydrogen-bond acceptors (Lipinski definition) is 5. The van der Waals surface area contributed by atoms with Crippen LogP contribution in [0.4, 0.5) is 5.69 Å². The predicted octanol–water partition coefficient (Wildman–Crippen LogP) is 2.95. The first-order valence-corrected chi connectivity index (χ1v) is 11.1. The van der Waals surface area contributed by atoms with Crippen molar-refractivity contribution in [1.82, 2.24) is 9.21 Å². The first-order valence-electron chi connectivity index (χ1n) is 8.91. The number of sulfonamides is 1. The maximum absolute atomic E-state index is 12.9. The van der Waals surface area contributed by atoms with Crippen LogP contribution in [-0.2, 0) is 14.8 Å². The number of benzene rings is 2. The van der Waals surface area contributed by atoms with Crippen LogP contribution in [0.5, 0.6) is 5.75 Å². The quantitative estimate of drug-likeness (QED) is 0.720. The molecule has 1 saturated heterocycles. The van der Waals surface area contributed by atoms with Crippen LogP contribution in [0.3, 0.4) is 0 Å². The van der Waals surface area contributed by atoms with Gasteiger partial charge in [0, 0.05) is 37.9 Å². The van der Waals surface area contributed by atoms with Crippen LogP contribution < -0.4 is 10.1 Å². The van der Waals surface area contributed by atoms with Gasteiger partial charge in [0.2, 0.25) is 15.9 Å². The summed E-state index contributed by atoms with van der Waals surface area (Å²) in [5.41, 5.74) is 0.643. The number of ether oxygens (including phenoxy) is 1. The summed E-state index contributed by atoms with van der Waals surface area (Å²) in [7, 11) is -2.24. The van der Waals surface area contributed by atoms with Crippen molar-refractivity contribution in [3.05, 3.63) is 52.5 Å². The van der Waals surface area contributed by atoms with Crippen molar-refractivity contribution in [1.29, 1.82) is 0 Å². The van der Waals surface area contributed by atoms with Gasteiger partial charge in [-0.2, -0.15) is 4.31 Å². The Bertz CT molecular complexity index is 972. The summed E-state index contributed by atoms with van der Waals surface area (Å²) >= 11 is 12.1. The fraction of sp³-hybridized carbons (Fsp3) is 0.316. The molecule has 156 valence electrons. The van der Waals surface area contributed by atoms with Gasteiger partial charge in [-0.15, -0.1) is 0 Å². The van der Waals surface area contributed by atoms with E-state index in [1.54, 1.807) is 37.4 Å². The number of anilines is 1. The molecular formula is C19H21Cl2N3O4S. The van der Waals surface area contributed by atoms with Gasteiger partial charge in [0.25, 0.3) is 0 Å². The van der Waals surface area contributed by atoms with Crippen LogP contribution in [0.25, 0.3) is 0 Å². The lowest BCUT2D eigenvalue weighted by Crippen LogP contribution is -2.50. The maximum Gasteiger partial charge on any atom is 0.246 e. The molecule has 2 aromatic rings. The van der Waals surface area contributed by atoms with Gasteiger partial charge in [-0.1, -0.05) is 35.3 Å². The Morgan fingerprint density at radius 2 is 1.69 bits per heavy atom. The molecule has 29 heavy (non-hydrogen) atoms. The molecule has 0 spiro atoms. The van der Waals surface area contributed by atoms with E-state index in [1.807, 2.05) is 4.90 Å². The Morgan fingerprint density at radius 1 is 1.07 bits per heavy atom. The van der Waals surface area contributed by atoms with E-state index >= 15 is 0 Å². The number of carbonyl (C=O) groups is 1. The van der Waals surface area contributed by atoms with Crippen LogP contribution in [0.15, 0.2) is 47.4 Å². The molecule has 1 N–H and O–H groups in total. The van der Waals surface area contributed by atoms with Gasteiger partial charge in [-0.25, -0.2) is 8.42 Å². The van der Waals surface area contributed by atoms with E-state index in [4.69, 9.17) is 27.9 Å². The number of halogens is 2. The molecule has 2 aromatic carbocycles. The molecule has 7 nitrogen and oxygen atoms in total. The molecule has 1 aliphatic rings. The zero-order valence-corrected chi connectivity index (χ0v) is 18.1. The average molecular weight is 458 g/mol. The summed E-state index contributed by atoms with van der Waals surface area (Å²) in [6.07, 6.45) is 0. The third kappa shape index (κ3) is 5.21. The second-order valence-electron chi connectivity index (χ2n) is 6.51. The molecule has 10 heteroatoms. The van der Waals surface area contributed by atoms with Crippen molar-refractivity contribution in [3.63, 3.8) is 0 Å². The van der Waals surface area contributed by atoms with Gasteiger partial charge < -0.3 is 10.1 Å². The number of amides is 1. The van der Waals surface area contributed by atoms with Crippen LogP contribution in [0, 0.1) is 0 Å². The molecule has 1 fully saturated rings. The van der Waals surface area contributed by atoms with Crippen molar-refractivity contribution < 1.29 is 17.9 Å². The van der Waals surface area contributed by atoms with Crippen LogP contribution >= 0.6 is 23.2 Å². The highest BCUT2D eigenvalue weighted by Crippen LogP contribution is 2.31. The second kappa shape index (κ2) is 9.32. The number of nitrogens with zero attached hydrogens (tertiary/aromatic N) is 2. The number of piperazine rings is 1. The molecule has 1 amide bonds. The lowest BCUT2D eigenvalue weighted by molar-refractivity contribution is -0.117. The molecule has 0 bridgehead atoms. The molecule has 0 radical (unpaired) electrons. The van der Waals surface area contributed by atoms with Crippen molar-refractivity contribution in [2.75, 3.05) is 45.2 Å². The van der Waals surface area contributed by atoms with Crippen LogP contribution in [0.2, 0.25) is 10.0 Å². The number of nitrogens with one attached hydrogen (secondary N) is 1. The second-order valence-corrected chi connectivity index (χ2v) is 9.20. The Labute approximate surface area is 180 Å². The standard InChI is InChI=1S/C19H21Cl2N3O4S/c1-28-15-5-2-4-14(12-15)22-18(25)13-23-8-10-24(11-9-23)29(26,27)19-16(20)6-3-7-17(19)21/h2-7,12H,8-11,13H2,1H3,(H,22,25). The van der Waals surface area contributed by atoms with Gasteiger partial charge in [0.15, 0.2) is 0 Å². The van der Waals surface area contributed by atoms with E-state index in [0.717, 1.165) is 0 Å². The van der Waals surface area contributed by atoms with Gasteiger partial charge in [-0.05, 0) is 24.3 Å². The Morgan fingerprint density at radius 3 is 2.31 bits per heavy atom. The maximum atomic E-state index is 12.9. The van der Waals surface area contributed by atoms with E-state index < -0.39 is 10.0 Å². The SMILES string of the molecule is COc1cccc(NC(=O)CN2CCN(S(=O)(=O)c3c(Cl)cccc3Cl)CC2)c1. The minimum absolute atomic E-state index is 0.0763. The van der Waals surface area contributed by atoms with E-state index in [-0.39, 0.29) is 40.5 Å². The van der Waals surface area contributed by atoms with E-state index in [9.17, 15) is 13.2 Å². The first kappa shape index (κ1) is 21.9. The lowest BCUT2D eigenvalue weighted by Gasteiger charge is -2.33. The summed E-state index contributed by atoms with van der Waals surface area (Å²) in [4.78, 5) is 14.1. The topological polar surface area (TPSA) is 79.0 Å². The highest BCUT2D eigenvalue weighted by Gasteiger charge is 2.32. The number of methoxy groups -OCH3 is 1. The fourth-order valence-corrected chi connectivity index (χ4v) is 5.60.